The van der Waals surface area contributed by atoms with Crippen LogP contribution >= 0.6 is 0 Å². The number of hydrogen-bond acceptors (Lipinski definition) is 6. The Labute approximate surface area is 106 Å². The molecule has 0 spiro atoms. The van der Waals surface area contributed by atoms with Crippen LogP contribution in [0.1, 0.15) is 18.4 Å². The molecule has 0 radical (unpaired) electrons. The molecule has 0 aliphatic heterocycles. The second kappa shape index (κ2) is 4.14. The highest BCUT2D eigenvalue weighted by molar-refractivity contribution is 7.92. The number of nitriles is 1. The second-order valence-electron chi connectivity index (χ2n) is 4.54. The van der Waals surface area contributed by atoms with Crippen molar-refractivity contribution in [2.45, 2.75) is 17.6 Å². The van der Waals surface area contributed by atoms with E-state index in [1.54, 1.807) is 6.07 Å². The van der Waals surface area contributed by atoms with E-state index < -0.39 is 14.6 Å². The summed E-state index contributed by atoms with van der Waals surface area (Å²) in [4.78, 5) is 3.82. The number of hydrogen-bond donors (Lipinski definition) is 2. The Bertz CT molecular complexity index is 614. The van der Waals surface area contributed by atoms with Gasteiger partial charge in [-0.15, -0.1) is 0 Å². The molecular formula is C11H14N4O2S. The summed E-state index contributed by atoms with van der Waals surface area (Å²) in [5, 5.41) is 12.0. The van der Waals surface area contributed by atoms with Gasteiger partial charge in [-0.3, -0.25) is 0 Å². The fourth-order valence-corrected chi connectivity index (χ4v) is 3.00. The zero-order valence-corrected chi connectivity index (χ0v) is 10.8. The van der Waals surface area contributed by atoms with Crippen LogP contribution in [0.2, 0.25) is 0 Å². The lowest BCUT2D eigenvalue weighted by atomic mass is 10.2. The average molecular weight is 266 g/mol. The number of nitrogen functional groups attached to an aromatic ring is 1. The molecule has 18 heavy (non-hydrogen) atoms. The zero-order chi connectivity index (χ0) is 13.4. The van der Waals surface area contributed by atoms with Crippen molar-refractivity contribution in [3.05, 3.63) is 17.8 Å². The molecule has 1 aliphatic rings. The molecule has 0 aromatic carbocycles. The van der Waals surface area contributed by atoms with Crippen molar-refractivity contribution < 1.29 is 8.42 Å². The van der Waals surface area contributed by atoms with Crippen LogP contribution in [0.15, 0.2) is 12.3 Å². The Morgan fingerprint density at radius 2 is 2.28 bits per heavy atom. The van der Waals surface area contributed by atoms with Crippen LogP contribution < -0.4 is 11.1 Å². The third-order valence-corrected chi connectivity index (χ3v) is 5.41. The smallest absolute Gasteiger partial charge is 0.154 e. The van der Waals surface area contributed by atoms with Crippen molar-refractivity contribution in [3.8, 4) is 6.07 Å². The number of rotatable bonds is 4. The molecule has 3 N–H and O–H groups in total. The highest BCUT2D eigenvalue weighted by Gasteiger charge is 2.51. The van der Waals surface area contributed by atoms with E-state index >= 15 is 0 Å². The van der Waals surface area contributed by atoms with Gasteiger partial charge in [0.1, 0.15) is 17.5 Å². The molecular weight excluding hydrogens is 252 g/mol. The minimum Gasteiger partial charge on any atom is -0.383 e. The molecule has 1 aliphatic carbocycles. The Morgan fingerprint density at radius 1 is 1.61 bits per heavy atom. The van der Waals surface area contributed by atoms with E-state index in [9.17, 15) is 8.42 Å². The first-order valence-corrected chi connectivity index (χ1v) is 7.37. The second-order valence-corrected chi connectivity index (χ2v) is 6.95. The topological polar surface area (TPSA) is 109 Å². The molecule has 1 aromatic rings. The summed E-state index contributed by atoms with van der Waals surface area (Å²) in [5.41, 5.74) is 6.36. The van der Waals surface area contributed by atoms with Crippen LogP contribution in [0.4, 0.5) is 11.5 Å². The van der Waals surface area contributed by atoms with Gasteiger partial charge in [-0.25, -0.2) is 13.4 Å². The number of aromatic nitrogens is 1. The first-order chi connectivity index (χ1) is 8.39. The van der Waals surface area contributed by atoms with E-state index in [1.807, 2.05) is 6.07 Å². The maximum atomic E-state index is 11.6. The Hall–Kier alpha value is -1.81. The van der Waals surface area contributed by atoms with Crippen molar-refractivity contribution in [1.29, 1.82) is 5.26 Å². The third kappa shape index (κ3) is 2.11. The number of nitrogens with two attached hydrogens (primary N) is 1. The van der Waals surface area contributed by atoms with E-state index in [0.717, 1.165) is 0 Å². The van der Waals surface area contributed by atoms with Gasteiger partial charge in [-0.2, -0.15) is 5.26 Å². The average Bonchev–Trinajstić information content (AvgIpc) is 3.06. The first-order valence-electron chi connectivity index (χ1n) is 5.48. The molecule has 0 bridgehead atoms. The van der Waals surface area contributed by atoms with Gasteiger partial charge in [0.05, 0.1) is 10.4 Å². The van der Waals surface area contributed by atoms with Crippen LogP contribution in [-0.2, 0) is 9.84 Å². The summed E-state index contributed by atoms with van der Waals surface area (Å²) in [7, 11) is -3.08. The maximum Gasteiger partial charge on any atom is 0.154 e. The molecule has 7 heteroatoms. The van der Waals surface area contributed by atoms with Crippen molar-refractivity contribution >= 4 is 21.3 Å². The van der Waals surface area contributed by atoms with E-state index in [-0.39, 0.29) is 11.4 Å². The lowest BCUT2D eigenvalue weighted by Gasteiger charge is -2.15. The Morgan fingerprint density at radius 3 is 2.78 bits per heavy atom. The molecule has 1 aromatic heterocycles. The maximum absolute atomic E-state index is 11.6. The summed E-state index contributed by atoms with van der Waals surface area (Å²) < 4.78 is 22.5. The summed E-state index contributed by atoms with van der Waals surface area (Å²) in [5.74, 6) is 0.145. The molecule has 6 nitrogen and oxygen atoms in total. The van der Waals surface area contributed by atoms with Gasteiger partial charge in [0.15, 0.2) is 9.84 Å². The standard InChI is InChI=1S/C11H14N4O2S/c1-18(16,17)11(3-4-11)7-15-9-2-5-14-10(13)8(9)6-12/h2,5H,3-4,7H2,1H3,(H3,13,14,15). The van der Waals surface area contributed by atoms with E-state index in [2.05, 4.69) is 10.3 Å². The van der Waals surface area contributed by atoms with Crippen molar-refractivity contribution in [3.63, 3.8) is 0 Å². The lowest BCUT2D eigenvalue weighted by Crippen LogP contribution is -2.30. The van der Waals surface area contributed by atoms with Crippen molar-refractivity contribution in [1.82, 2.24) is 4.98 Å². The Balaban J connectivity index is 2.18. The van der Waals surface area contributed by atoms with Gasteiger partial charge in [0.2, 0.25) is 0 Å². The largest absolute Gasteiger partial charge is 0.383 e. The lowest BCUT2D eigenvalue weighted by molar-refractivity contribution is 0.585. The van der Waals surface area contributed by atoms with Crippen LogP contribution in [0, 0.1) is 11.3 Å². The molecule has 0 unspecified atom stereocenters. The molecule has 0 atom stereocenters. The SMILES string of the molecule is CS(=O)(=O)C1(CNc2ccnc(N)c2C#N)CC1. The van der Waals surface area contributed by atoms with Gasteiger partial charge >= 0.3 is 0 Å². The molecule has 1 saturated carbocycles. The van der Waals surface area contributed by atoms with Gasteiger partial charge in [-0.05, 0) is 18.9 Å². The number of anilines is 2. The van der Waals surface area contributed by atoms with Gasteiger partial charge < -0.3 is 11.1 Å². The minimum absolute atomic E-state index is 0.145. The number of nitrogens with one attached hydrogen (secondary N) is 1. The predicted molar refractivity (Wildman–Crippen MR) is 68.7 cm³/mol. The predicted octanol–water partition coefficient (Wildman–Crippen LogP) is 0.525. The first kappa shape index (κ1) is 12.6. The van der Waals surface area contributed by atoms with Crippen LogP contribution in [-0.4, -0.2) is 30.9 Å². The monoisotopic (exact) mass is 266 g/mol. The number of nitrogens with zero attached hydrogens (tertiary/aromatic N) is 2. The van der Waals surface area contributed by atoms with Crippen LogP contribution in [0.3, 0.4) is 0 Å². The van der Waals surface area contributed by atoms with Gasteiger partial charge in [0.25, 0.3) is 0 Å². The molecule has 0 amide bonds. The van der Waals surface area contributed by atoms with Gasteiger partial charge in [0, 0.05) is 19.0 Å². The van der Waals surface area contributed by atoms with Crippen molar-refractivity contribution in [2.75, 3.05) is 23.9 Å². The molecule has 2 rings (SSSR count). The summed E-state index contributed by atoms with van der Waals surface area (Å²) in [6.45, 7) is 0.296. The highest BCUT2D eigenvalue weighted by atomic mass is 32.2. The molecule has 1 heterocycles. The van der Waals surface area contributed by atoms with Gasteiger partial charge in [-0.1, -0.05) is 0 Å². The van der Waals surface area contributed by atoms with E-state index in [1.165, 1.54) is 12.5 Å². The van der Waals surface area contributed by atoms with Crippen LogP contribution in [0.5, 0.6) is 0 Å². The molecule has 1 fully saturated rings. The Kier molecular flexibility index (Phi) is 2.91. The minimum atomic E-state index is -3.08. The summed E-state index contributed by atoms with van der Waals surface area (Å²) in [6, 6.07) is 3.58. The zero-order valence-electron chi connectivity index (χ0n) is 9.97. The number of sulfone groups is 1. The third-order valence-electron chi connectivity index (χ3n) is 3.29. The molecule has 0 saturated heterocycles. The fraction of sp³-hybridized carbons (Fsp3) is 0.455. The van der Waals surface area contributed by atoms with Crippen molar-refractivity contribution in [2.24, 2.45) is 0 Å². The molecule has 96 valence electrons. The van der Waals surface area contributed by atoms with E-state index in [4.69, 9.17) is 11.0 Å². The summed E-state index contributed by atoms with van der Waals surface area (Å²) in [6.07, 6.45) is 4.04. The highest BCUT2D eigenvalue weighted by Crippen LogP contribution is 2.43. The van der Waals surface area contributed by atoms with E-state index in [0.29, 0.717) is 25.1 Å². The number of pyridine rings is 1. The summed E-state index contributed by atoms with van der Waals surface area (Å²) >= 11 is 0. The normalized spacial score (nSPS) is 16.9. The quantitative estimate of drug-likeness (QED) is 0.822. The fourth-order valence-electron chi connectivity index (χ4n) is 1.82. The van der Waals surface area contributed by atoms with Crippen LogP contribution in [0.25, 0.3) is 0 Å².